The number of aromatic nitrogens is 3. The molecule has 1 aliphatic rings. The number of piperidine rings is 1. The van der Waals surface area contributed by atoms with Gasteiger partial charge in [-0.25, -0.2) is 4.68 Å². The summed E-state index contributed by atoms with van der Waals surface area (Å²) in [6.07, 6.45) is 6.85. The average molecular weight is 420 g/mol. The van der Waals surface area contributed by atoms with E-state index in [0.717, 1.165) is 30.0 Å². The Labute approximate surface area is 184 Å². The summed E-state index contributed by atoms with van der Waals surface area (Å²) < 4.78 is 3.77. The molecule has 1 N–H and O–H groups in total. The number of rotatable bonds is 7. The van der Waals surface area contributed by atoms with Crippen LogP contribution in [0.1, 0.15) is 48.7 Å². The van der Waals surface area contributed by atoms with E-state index >= 15 is 0 Å². The molecule has 0 aliphatic carbocycles. The van der Waals surface area contributed by atoms with Gasteiger partial charge in [0.2, 0.25) is 0 Å². The molecule has 1 saturated heterocycles. The monoisotopic (exact) mass is 419 g/mol. The molecule has 1 atom stereocenters. The smallest absolute Gasteiger partial charge is 0.270 e. The van der Waals surface area contributed by atoms with Gasteiger partial charge in [-0.2, -0.15) is 5.10 Å². The number of benzene rings is 1. The number of carbonyl (C=O) groups excluding carboxylic acids is 1. The third kappa shape index (κ3) is 4.90. The first kappa shape index (κ1) is 21.4. The first-order chi connectivity index (χ1) is 15.0. The summed E-state index contributed by atoms with van der Waals surface area (Å²) in [7, 11) is 1.99. The van der Waals surface area contributed by atoms with Crippen LogP contribution in [0.25, 0.3) is 17.1 Å². The van der Waals surface area contributed by atoms with Gasteiger partial charge in [0, 0.05) is 32.4 Å². The van der Waals surface area contributed by atoms with Crippen LogP contribution in [0.3, 0.4) is 0 Å². The SMILES string of the molecule is Cc1ccc(-n2nc(-c3cccn3C)cc2C(=O)NCCCN2CCCCC2C)cc1. The second-order valence-electron chi connectivity index (χ2n) is 8.66. The summed E-state index contributed by atoms with van der Waals surface area (Å²) >= 11 is 0. The van der Waals surface area contributed by atoms with E-state index < -0.39 is 0 Å². The van der Waals surface area contributed by atoms with Gasteiger partial charge in [-0.05, 0) is 70.0 Å². The van der Waals surface area contributed by atoms with Gasteiger partial charge >= 0.3 is 0 Å². The molecule has 6 nitrogen and oxygen atoms in total. The van der Waals surface area contributed by atoms with Gasteiger partial charge in [0.05, 0.1) is 11.4 Å². The van der Waals surface area contributed by atoms with E-state index in [1.165, 1.54) is 31.4 Å². The molecule has 6 heteroatoms. The van der Waals surface area contributed by atoms with Crippen molar-refractivity contribution in [3.63, 3.8) is 0 Å². The number of carbonyl (C=O) groups is 1. The van der Waals surface area contributed by atoms with Crippen LogP contribution in [-0.2, 0) is 7.05 Å². The summed E-state index contributed by atoms with van der Waals surface area (Å²) in [6, 6.07) is 14.6. The van der Waals surface area contributed by atoms with Gasteiger partial charge in [0.1, 0.15) is 11.4 Å². The van der Waals surface area contributed by atoms with Crippen LogP contribution < -0.4 is 5.32 Å². The van der Waals surface area contributed by atoms with Crippen molar-refractivity contribution in [3.05, 3.63) is 59.9 Å². The fourth-order valence-corrected chi connectivity index (χ4v) is 4.34. The topological polar surface area (TPSA) is 55.1 Å². The summed E-state index contributed by atoms with van der Waals surface area (Å²) in [5, 5.41) is 7.89. The van der Waals surface area contributed by atoms with Gasteiger partial charge < -0.3 is 14.8 Å². The fourth-order valence-electron chi connectivity index (χ4n) is 4.34. The zero-order valence-corrected chi connectivity index (χ0v) is 18.8. The van der Waals surface area contributed by atoms with Gasteiger partial charge in [-0.3, -0.25) is 4.79 Å². The Balaban J connectivity index is 1.49. The van der Waals surface area contributed by atoms with Crippen molar-refractivity contribution in [1.29, 1.82) is 0 Å². The van der Waals surface area contributed by atoms with E-state index in [0.29, 0.717) is 18.3 Å². The second-order valence-corrected chi connectivity index (χ2v) is 8.66. The van der Waals surface area contributed by atoms with E-state index in [9.17, 15) is 4.79 Å². The number of hydrogen-bond donors (Lipinski definition) is 1. The predicted octanol–water partition coefficient (Wildman–Crippen LogP) is 4.18. The molecule has 31 heavy (non-hydrogen) atoms. The molecule has 4 rings (SSSR count). The summed E-state index contributed by atoms with van der Waals surface area (Å²) in [5.41, 5.74) is 4.40. The first-order valence-corrected chi connectivity index (χ1v) is 11.3. The number of aryl methyl sites for hydroxylation is 2. The molecule has 0 radical (unpaired) electrons. The van der Waals surface area contributed by atoms with Crippen LogP contribution >= 0.6 is 0 Å². The van der Waals surface area contributed by atoms with Gasteiger partial charge in [-0.1, -0.05) is 24.1 Å². The van der Waals surface area contributed by atoms with Gasteiger partial charge in [0.15, 0.2) is 0 Å². The quantitative estimate of drug-likeness (QED) is 0.585. The van der Waals surface area contributed by atoms with Crippen LogP contribution in [0.2, 0.25) is 0 Å². The molecule has 3 heterocycles. The molecule has 1 unspecified atom stereocenters. The summed E-state index contributed by atoms with van der Waals surface area (Å²) in [5.74, 6) is -0.0831. The van der Waals surface area contributed by atoms with Crippen molar-refractivity contribution in [2.45, 2.75) is 45.6 Å². The lowest BCUT2D eigenvalue weighted by Crippen LogP contribution is -2.39. The Kier molecular flexibility index (Phi) is 6.56. The minimum absolute atomic E-state index is 0.0831. The molecule has 1 amide bonds. The maximum Gasteiger partial charge on any atom is 0.270 e. The largest absolute Gasteiger partial charge is 0.351 e. The van der Waals surface area contributed by atoms with Crippen LogP contribution in [0.5, 0.6) is 0 Å². The predicted molar refractivity (Wildman–Crippen MR) is 125 cm³/mol. The van der Waals surface area contributed by atoms with Gasteiger partial charge in [-0.15, -0.1) is 0 Å². The van der Waals surface area contributed by atoms with Crippen molar-refractivity contribution < 1.29 is 4.79 Å². The highest BCUT2D eigenvalue weighted by atomic mass is 16.2. The molecule has 1 aromatic carbocycles. The fraction of sp³-hybridized carbons (Fsp3) is 0.440. The summed E-state index contributed by atoms with van der Waals surface area (Å²) in [4.78, 5) is 15.6. The number of nitrogens with zero attached hydrogens (tertiary/aromatic N) is 4. The Morgan fingerprint density at radius 3 is 2.71 bits per heavy atom. The second kappa shape index (κ2) is 9.52. The normalized spacial score (nSPS) is 17.1. The lowest BCUT2D eigenvalue weighted by Gasteiger charge is -2.33. The van der Waals surface area contributed by atoms with Crippen molar-refractivity contribution in [2.24, 2.45) is 7.05 Å². The molecule has 1 fully saturated rings. The molecule has 0 saturated carbocycles. The maximum absolute atomic E-state index is 13.1. The third-order valence-electron chi connectivity index (χ3n) is 6.27. The molecule has 2 aromatic heterocycles. The van der Waals surface area contributed by atoms with E-state index in [1.54, 1.807) is 4.68 Å². The molecule has 3 aromatic rings. The van der Waals surface area contributed by atoms with Crippen LogP contribution in [-0.4, -0.2) is 50.8 Å². The number of likely N-dealkylation sites (tertiary alicyclic amines) is 1. The standard InChI is InChI=1S/C25H33N5O/c1-19-10-12-21(13-11-19)30-24(18-22(27-30)23-9-6-15-28(23)3)25(31)26-14-7-17-29-16-5-4-8-20(29)2/h6,9-13,15,18,20H,4-5,7-8,14,16-17H2,1-3H3,(H,26,31). The van der Waals surface area contributed by atoms with E-state index in [1.807, 2.05) is 60.3 Å². The molecule has 1 aliphatic heterocycles. The summed E-state index contributed by atoms with van der Waals surface area (Å²) in [6.45, 7) is 7.24. The lowest BCUT2D eigenvalue weighted by atomic mass is 10.0. The van der Waals surface area contributed by atoms with Crippen molar-refractivity contribution >= 4 is 5.91 Å². The van der Waals surface area contributed by atoms with Crippen LogP contribution in [0, 0.1) is 6.92 Å². The van der Waals surface area contributed by atoms with Crippen molar-refractivity contribution in [2.75, 3.05) is 19.6 Å². The van der Waals surface area contributed by atoms with Crippen molar-refractivity contribution in [1.82, 2.24) is 24.6 Å². The Morgan fingerprint density at radius 1 is 1.19 bits per heavy atom. The highest BCUT2D eigenvalue weighted by Gasteiger charge is 2.20. The molecule has 0 spiro atoms. The maximum atomic E-state index is 13.1. The Morgan fingerprint density at radius 2 is 2.00 bits per heavy atom. The zero-order valence-electron chi connectivity index (χ0n) is 18.8. The third-order valence-corrected chi connectivity index (χ3v) is 6.27. The minimum atomic E-state index is -0.0831. The lowest BCUT2D eigenvalue weighted by molar-refractivity contribution is 0.0941. The molecule has 164 valence electrons. The Hall–Kier alpha value is -2.86. The first-order valence-electron chi connectivity index (χ1n) is 11.3. The van der Waals surface area contributed by atoms with Crippen LogP contribution in [0.4, 0.5) is 0 Å². The molecular weight excluding hydrogens is 386 g/mol. The number of amides is 1. The number of hydrogen-bond acceptors (Lipinski definition) is 3. The van der Waals surface area contributed by atoms with Gasteiger partial charge in [0.25, 0.3) is 5.91 Å². The average Bonchev–Trinajstić information content (AvgIpc) is 3.39. The van der Waals surface area contributed by atoms with E-state index in [-0.39, 0.29) is 5.91 Å². The molecular formula is C25H33N5O. The van der Waals surface area contributed by atoms with E-state index in [2.05, 4.69) is 24.1 Å². The number of nitrogens with one attached hydrogen (secondary N) is 1. The van der Waals surface area contributed by atoms with Crippen LogP contribution in [0.15, 0.2) is 48.7 Å². The highest BCUT2D eigenvalue weighted by Crippen LogP contribution is 2.22. The van der Waals surface area contributed by atoms with Crippen molar-refractivity contribution in [3.8, 4) is 17.1 Å². The minimum Gasteiger partial charge on any atom is -0.351 e. The molecule has 0 bridgehead atoms. The highest BCUT2D eigenvalue weighted by molar-refractivity contribution is 5.94. The zero-order chi connectivity index (χ0) is 21.8. The Bertz CT molecular complexity index is 1020. The van der Waals surface area contributed by atoms with E-state index in [4.69, 9.17) is 5.10 Å².